The van der Waals surface area contributed by atoms with Crippen LogP contribution in [-0.4, -0.2) is 65.2 Å². The molecule has 1 atom stereocenters. The van der Waals surface area contributed by atoms with Crippen molar-refractivity contribution in [2.75, 3.05) is 40.4 Å². The van der Waals surface area contributed by atoms with Gasteiger partial charge in [0.15, 0.2) is 0 Å². The van der Waals surface area contributed by atoms with Crippen LogP contribution in [0, 0.1) is 0 Å². The van der Waals surface area contributed by atoms with Crippen molar-refractivity contribution in [3.8, 4) is 0 Å². The first-order chi connectivity index (χ1) is 11.1. The number of fused-ring (bicyclic) bond motifs is 1. The topological polar surface area (TPSA) is 46.4 Å². The first-order valence-corrected chi connectivity index (χ1v) is 8.87. The molecule has 0 bridgehead atoms. The van der Waals surface area contributed by atoms with Crippen molar-refractivity contribution in [2.24, 2.45) is 7.05 Å². The van der Waals surface area contributed by atoms with E-state index in [-0.39, 0.29) is 0 Å². The van der Waals surface area contributed by atoms with Gasteiger partial charge in [0.1, 0.15) is 5.69 Å². The lowest BCUT2D eigenvalue weighted by molar-refractivity contribution is 0.0837. The van der Waals surface area contributed by atoms with Gasteiger partial charge in [-0.15, -0.1) is 16.4 Å². The van der Waals surface area contributed by atoms with Gasteiger partial charge in [0.05, 0.1) is 18.9 Å². The minimum atomic E-state index is 0.334. The maximum absolute atomic E-state index is 5.91. The lowest BCUT2D eigenvalue weighted by Crippen LogP contribution is -2.36. The molecule has 126 valence electrons. The van der Waals surface area contributed by atoms with Crippen LogP contribution in [-0.2, 0) is 24.9 Å². The molecule has 1 aliphatic heterocycles. The smallest absolute Gasteiger partial charge is 0.100 e. The van der Waals surface area contributed by atoms with E-state index in [1.54, 1.807) is 0 Å². The van der Waals surface area contributed by atoms with Gasteiger partial charge in [-0.2, -0.15) is 0 Å². The summed E-state index contributed by atoms with van der Waals surface area (Å²) < 4.78 is 7.83. The average molecular weight is 335 g/mol. The quantitative estimate of drug-likeness (QED) is 0.719. The van der Waals surface area contributed by atoms with Crippen LogP contribution in [0.4, 0.5) is 0 Å². The highest BCUT2D eigenvalue weighted by atomic mass is 32.1. The van der Waals surface area contributed by atoms with E-state index in [4.69, 9.17) is 4.74 Å². The molecule has 2 aromatic heterocycles. The second-order valence-electron chi connectivity index (χ2n) is 6.37. The van der Waals surface area contributed by atoms with E-state index < -0.39 is 0 Å². The molecule has 0 saturated carbocycles. The summed E-state index contributed by atoms with van der Waals surface area (Å²) in [5.74, 6) is 0.334. The van der Waals surface area contributed by atoms with E-state index in [2.05, 4.69) is 51.7 Å². The van der Waals surface area contributed by atoms with Gasteiger partial charge in [0, 0.05) is 44.0 Å². The third-order valence-corrected chi connectivity index (χ3v) is 5.01. The molecular weight excluding hydrogens is 310 g/mol. The number of aromatic nitrogens is 3. The number of thiophene rings is 1. The Kier molecular flexibility index (Phi) is 5.42. The molecule has 23 heavy (non-hydrogen) atoms. The van der Waals surface area contributed by atoms with Crippen molar-refractivity contribution in [1.29, 1.82) is 0 Å². The number of rotatable bonds is 7. The number of hydrogen-bond donors (Lipinski definition) is 0. The number of hydrogen-bond acceptors (Lipinski definition) is 6. The van der Waals surface area contributed by atoms with Gasteiger partial charge < -0.3 is 9.64 Å². The molecule has 0 fully saturated rings. The largest absolute Gasteiger partial charge is 0.379 e. The summed E-state index contributed by atoms with van der Waals surface area (Å²) in [6.07, 6.45) is 0. The summed E-state index contributed by atoms with van der Waals surface area (Å²) in [5, 5.41) is 10.7. The monoisotopic (exact) mass is 335 g/mol. The fourth-order valence-corrected chi connectivity index (χ4v) is 3.79. The van der Waals surface area contributed by atoms with Gasteiger partial charge in [-0.25, -0.2) is 0 Å². The number of aryl methyl sites for hydroxylation is 1. The van der Waals surface area contributed by atoms with Gasteiger partial charge in [0.2, 0.25) is 0 Å². The van der Waals surface area contributed by atoms with Crippen molar-refractivity contribution >= 4 is 11.3 Å². The Morgan fingerprint density at radius 3 is 3.04 bits per heavy atom. The minimum absolute atomic E-state index is 0.334. The number of ether oxygens (including phenoxy) is 1. The summed E-state index contributed by atoms with van der Waals surface area (Å²) in [5.41, 5.74) is 2.33. The van der Waals surface area contributed by atoms with Crippen LogP contribution < -0.4 is 0 Å². The molecule has 0 radical (unpaired) electrons. The van der Waals surface area contributed by atoms with Gasteiger partial charge in [-0.3, -0.25) is 9.58 Å². The first-order valence-electron chi connectivity index (χ1n) is 7.99. The van der Waals surface area contributed by atoms with Crippen molar-refractivity contribution < 1.29 is 4.74 Å². The summed E-state index contributed by atoms with van der Waals surface area (Å²) >= 11 is 1.81. The second-order valence-corrected chi connectivity index (χ2v) is 7.40. The van der Waals surface area contributed by atoms with E-state index in [0.717, 1.165) is 45.1 Å². The van der Waals surface area contributed by atoms with Crippen molar-refractivity contribution in [3.63, 3.8) is 0 Å². The van der Waals surface area contributed by atoms with Crippen LogP contribution in [0.1, 0.15) is 22.2 Å². The zero-order valence-corrected chi connectivity index (χ0v) is 14.9. The van der Waals surface area contributed by atoms with Crippen molar-refractivity contribution in [1.82, 2.24) is 24.8 Å². The molecule has 6 nitrogen and oxygen atoms in total. The Hall–Kier alpha value is -1.28. The molecule has 0 unspecified atom stereocenters. The highest BCUT2D eigenvalue weighted by molar-refractivity contribution is 7.09. The molecule has 2 aromatic rings. The Bertz CT molecular complexity index is 610. The molecule has 0 aliphatic carbocycles. The SMILES string of the molecule is CN(C)CCOC[C@H]1CN(Cc2cccs2)Cc2nnn(C)c21. The van der Waals surface area contributed by atoms with Crippen molar-refractivity contribution in [2.45, 2.75) is 19.0 Å². The zero-order valence-electron chi connectivity index (χ0n) is 14.1. The molecule has 3 rings (SSSR count). The molecule has 0 amide bonds. The molecule has 3 heterocycles. The van der Waals surface area contributed by atoms with E-state index in [9.17, 15) is 0 Å². The van der Waals surface area contributed by atoms with E-state index in [1.807, 2.05) is 23.1 Å². The summed E-state index contributed by atoms with van der Waals surface area (Å²) in [6, 6.07) is 4.30. The fraction of sp³-hybridized carbons (Fsp3) is 0.625. The van der Waals surface area contributed by atoms with E-state index >= 15 is 0 Å². The van der Waals surface area contributed by atoms with Crippen LogP contribution in [0.2, 0.25) is 0 Å². The Morgan fingerprint density at radius 1 is 1.43 bits per heavy atom. The van der Waals surface area contributed by atoms with Crippen LogP contribution >= 0.6 is 11.3 Å². The lowest BCUT2D eigenvalue weighted by Gasteiger charge is -2.31. The van der Waals surface area contributed by atoms with Gasteiger partial charge >= 0.3 is 0 Å². The Morgan fingerprint density at radius 2 is 2.30 bits per heavy atom. The molecule has 0 saturated heterocycles. The maximum Gasteiger partial charge on any atom is 0.100 e. The number of likely N-dealkylation sites (N-methyl/N-ethyl adjacent to an activating group) is 1. The molecule has 7 heteroatoms. The summed E-state index contributed by atoms with van der Waals surface area (Å²) in [6.45, 7) is 5.27. The molecular formula is C16H25N5OS. The van der Waals surface area contributed by atoms with E-state index in [1.165, 1.54) is 10.6 Å². The lowest BCUT2D eigenvalue weighted by atomic mass is 9.99. The van der Waals surface area contributed by atoms with Crippen LogP contribution in [0.3, 0.4) is 0 Å². The predicted molar refractivity (Wildman–Crippen MR) is 91.6 cm³/mol. The van der Waals surface area contributed by atoms with Crippen LogP contribution in [0.15, 0.2) is 17.5 Å². The second kappa shape index (κ2) is 7.53. The van der Waals surface area contributed by atoms with Gasteiger partial charge in [-0.1, -0.05) is 11.3 Å². The van der Waals surface area contributed by atoms with Gasteiger partial charge in [0.25, 0.3) is 0 Å². The summed E-state index contributed by atoms with van der Waals surface area (Å²) in [7, 11) is 6.11. The van der Waals surface area contributed by atoms with Crippen LogP contribution in [0.25, 0.3) is 0 Å². The minimum Gasteiger partial charge on any atom is -0.379 e. The molecule has 0 aromatic carbocycles. The standard InChI is InChI=1S/C16H25N5OS/c1-19(2)6-7-22-12-13-9-21(10-14-5-4-8-23-14)11-15-16(13)20(3)18-17-15/h4-5,8,13H,6-7,9-12H2,1-3H3/t13-/m1/s1. The molecule has 1 aliphatic rings. The van der Waals surface area contributed by atoms with Crippen LogP contribution in [0.5, 0.6) is 0 Å². The first kappa shape index (κ1) is 16.6. The fourth-order valence-electron chi connectivity index (χ4n) is 3.04. The molecule has 0 spiro atoms. The van der Waals surface area contributed by atoms with E-state index in [0.29, 0.717) is 5.92 Å². The molecule has 0 N–H and O–H groups in total. The Labute approximate surface area is 141 Å². The third-order valence-electron chi connectivity index (χ3n) is 4.14. The predicted octanol–water partition coefficient (Wildman–Crippen LogP) is 1.55. The Balaban J connectivity index is 1.65. The normalized spacial score (nSPS) is 18.5. The number of nitrogens with zero attached hydrogens (tertiary/aromatic N) is 5. The summed E-state index contributed by atoms with van der Waals surface area (Å²) in [4.78, 5) is 5.98. The van der Waals surface area contributed by atoms with Gasteiger partial charge in [-0.05, 0) is 25.5 Å². The maximum atomic E-state index is 5.91. The highest BCUT2D eigenvalue weighted by Crippen LogP contribution is 2.28. The van der Waals surface area contributed by atoms with Crippen molar-refractivity contribution in [3.05, 3.63) is 33.8 Å². The average Bonchev–Trinajstić information content (AvgIpc) is 3.14. The zero-order chi connectivity index (χ0) is 16.2. The highest BCUT2D eigenvalue weighted by Gasteiger charge is 2.30. The third kappa shape index (κ3) is 4.17.